The van der Waals surface area contributed by atoms with E-state index < -0.39 is 61.1 Å². The van der Waals surface area contributed by atoms with Gasteiger partial charge in [0, 0.05) is 0 Å². The average Bonchev–Trinajstić information content (AvgIpc) is 2.61. The Morgan fingerprint density at radius 2 is 1.70 bits per heavy atom. The van der Waals surface area contributed by atoms with Crippen LogP contribution in [-0.4, -0.2) is 82.9 Å². The van der Waals surface area contributed by atoms with Crippen LogP contribution in [0.15, 0.2) is 0 Å². The lowest BCUT2D eigenvalue weighted by molar-refractivity contribution is -0.142. The maximum atomic E-state index is 12.1. The third-order valence-electron chi connectivity index (χ3n) is 3.61. The smallest absolute Gasteiger partial charge is 0.328 e. The molecule has 12 nitrogen and oxygen atoms in total. The number of amides is 3. The molecule has 12 heteroatoms. The van der Waals surface area contributed by atoms with Gasteiger partial charge in [-0.3, -0.25) is 14.4 Å². The molecule has 0 aromatic heterocycles. The number of aliphatic carboxylic acids is 1. The van der Waals surface area contributed by atoms with E-state index in [9.17, 15) is 24.3 Å². The molecular formula is C15H29N5O7. The molecule has 0 radical (unpaired) electrons. The quantitative estimate of drug-likeness (QED) is 0.143. The minimum Gasteiger partial charge on any atom is -0.480 e. The Morgan fingerprint density at radius 3 is 2.19 bits per heavy atom. The second-order valence-electron chi connectivity index (χ2n) is 5.98. The van der Waals surface area contributed by atoms with Gasteiger partial charge >= 0.3 is 5.97 Å². The van der Waals surface area contributed by atoms with Gasteiger partial charge in [0.1, 0.15) is 12.1 Å². The van der Waals surface area contributed by atoms with Crippen LogP contribution in [0, 0.1) is 0 Å². The van der Waals surface area contributed by atoms with E-state index in [1.54, 1.807) is 0 Å². The molecule has 0 aromatic rings. The zero-order valence-corrected chi connectivity index (χ0v) is 15.2. The zero-order chi connectivity index (χ0) is 21.0. The van der Waals surface area contributed by atoms with Gasteiger partial charge in [0.2, 0.25) is 17.7 Å². The molecule has 0 heterocycles. The zero-order valence-electron chi connectivity index (χ0n) is 15.2. The first-order chi connectivity index (χ1) is 12.6. The van der Waals surface area contributed by atoms with E-state index in [0.717, 1.165) is 0 Å². The second-order valence-corrected chi connectivity index (χ2v) is 5.98. The summed E-state index contributed by atoms with van der Waals surface area (Å²) < 4.78 is 0. The minimum absolute atomic E-state index is 0.358. The Hall–Kier alpha value is -2.28. The molecule has 0 spiro atoms. The van der Waals surface area contributed by atoms with Gasteiger partial charge in [-0.1, -0.05) is 6.42 Å². The number of nitrogens with two attached hydrogens (primary N) is 2. The average molecular weight is 391 g/mol. The Kier molecular flexibility index (Phi) is 11.9. The number of carbonyl (C=O) groups excluding carboxylic acids is 3. The monoisotopic (exact) mass is 391 g/mol. The number of hydrogen-bond acceptors (Lipinski definition) is 8. The molecule has 0 saturated heterocycles. The van der Waals surface area contributed by atoms with Gasteiger partial charge in [-0.25, -0.2) is 4.79 Å². The number of unbranched alkanes of at least 4 members (excludes halogenated alkanes) is 1. The van der Waals surface area contributed by atoms with Gasteiger partial charge in [0.05, 0.1) is 25.3 Å². The van der Waals surface area contributed by atoms with E-state index in [2.05, 4.69) is 10.6 Å². The van der Waals surface area contributed by atoms with Crippen molar-refractivity contribution in [3.8, 4) is 0 Å². The van der Waals surface area contributed by atoms with Crippen molar-refractivity contribution in [2.45, 2.75) is 50.4 Å². The molecule has 0 aliphatic carbocycles. The van der Waals surface area contributed by atoms with Gasteiger partial charge in [-0.2, -0.15) is 0 Å². The summed E-state index contributed by atoms with van der Waals surface area (Å²) >= 11 is 0. The maximum absolute atomic E-state index is 12.1. The molecule has 27 heavy (non-hydrogen) atoms. The highest BCUT2D eigenvalue weighted by molar-refractivity contribution is 5.92. The van der Waals surface area contributed by atoms with Crippen molar-refractivity contribution >= 4 is 23.7 Å². The molecular weight excluding hydrogens is 362 g/mol. The molecule has 0 aliphatic rings. The first kappa shape index (κ1) is 24.7. The van der Waals surface area contributed by atoms with E-state index in [1.165, 1.54) is 6.92 Å². The number of carboxylic acids is 1. The van der Waals surface area contributed by atoms with E-state index in [1.807, 2.05) is 5.32 Å². The van der Waals surface area contributed by atoms with Crippen LogP contribution in [0.5, 0.6) is 0 Å². The Labute approximate surface area is 156 Å². The van der Waals surface area contributed by atoms with Crippen molar-refractivity contribution in [1.29, 1.82) is 0 Å². The molecule has 4 unspecified atom stereocenters. The number of aliphatic hydroxyl groups excluding tert-OH is 2. The highest BCUT2D eigenvalue weighted by Gasteiger charge is 2.28. The number of rotatable bonds is 13. The molecule has 0 aromatic carbocycles. The van der Waals surface area contributed by atoms with Crippen LogP contribution in [-0.2, 0) is 19.2 Å². The highest BCUT2D eigenvalue weighted by atomic mass is 16.4. The van der Waals surface area contributed by atoms with Gasteiger partial charge in [0.25, 0.3) is 0 Å². The molecule has 0 aliphatic heterocycles. The summed E-state index contributed by atoms with van der Waals surface area (Å²) in [5.74, 6) is -3.78. The minimum atomic E-state index is -1.51. The van der Waals surface area contributed by atoms with E-state index >= 15 is 0 Å². The van der Waals surface area contributed by atoms with Crippen LogP contribution in [0.4, 0.5) is 0 Å². The lowest BCUT2D eigenvalue weighted by Crippen LogP contribution is -2.57. The normalized spacial score (nSPS) is 15.1. The van der Waals surface area contributed by atoms with Crippen molar-refractivity contribution in [3.63, 3.8) is 0 Å². The SMILES string of the molecule is CC(O)C(NC(=O)C(N)CCCCN)C(=O)NCC(=O)NC(CO)C(=O)O. The predicted molar refractivity (Wildman–Crippen MR) is 94.2 cm³/mol. The Morgan fingerprint density at radius 1 is 1.07 bits per heavy atom. The number of aliphatic hydroxyl groups is 2. The third kappa shape index (κ3) is 9.84. The van der Waals surface area contributed by atoms with Crippen LogP contribution in [0.3, 0.4) is 0 Å². The molecule has 0 bridgehead atoms. The van der Waals surface area contributed by atoms with Crippen LogP contribution in [0.1, 0.15) is 26.2 Å². The largest absolute Gasteiger partial charge is 0.480 e. The van der Waals surface area contributed by atoms with Crippen molar-refractivity contribution in [2.24, 2.45) is 11.5 Å². The molecule has 0 fully saturated rings. The topological polar surface area (TPSA) is 217 Å². The number of hydrogen-bond donors (Lipinski definition) is 8. The summed E-state index contributed by atoms with van der Waals surface area (Å²) in [7, 11) is 0. The predicted octanol–water partition coefficient (Wildman–Crippen LogP) is -4.01. The van der Waals surface area contributed by atoms with Crippen LogP contribution >= 0.6 is 0 Å². The summed E-state index contributed by atoms with van der Waals surface area (Å²) in [4.78, 5) is 46.5. The summed E-state index contributed by atoms with van der Waals surface area (Å²) in [6.45, 7) is 0.318. The lowest BCUT2D eigenvalue weighted by atomic mass is 10.1. The van der Waals surface area contributed by atoms with E-state index in [0.29, 0.717) is 25.8 Å². The maximum Gasteiger partial charge on any atom is 0.328 e. The summed E-state index contributed by atoms with van der Waals surface area (Å²) in [6, 6.07) is -3.73. The fraction of sp³-hybridized carbons (Fsp3) is 0.733. The standard InChI is InChI=1S/C15H29N5O7/c1-8(22)12(20-13(24)9(17)4-2-3-5-16)14(25)18-6-11(23)19-10(7-21)15(26)27/h8-10,12,21-22H,2-7,16-17H2,1H3,(H,18,25)(H,19,23)(H,20,24)(H,26,27). The molecule has 156 valence electrons. The van der Waals surface area contributed by atoms with E-state index in [4.69, 9.17) is 21.7 Å². The summed E-state index contributed by atoms with van der Waals surface area (Å²) in [5.41, 5.74) is 11.1. The first-order valence-corrected chi connectivity index (χ1v) is 8.48. The molecule has 0 rings (SSSR count). The lowest BCUT2D eigenvalue weighted by Gasteiger charge is -2.23. The number of nitrogens with one attached hydrogen (secondary N) is 3. The van der Waals surface area contributed by atoms with Crippen molar-refractivity contribution < 1.29 is 34.5 Å². The molecule has 10 N–H and O–H groups in total. The summed E-state index contributed by atoms with van der Waals surface area (Å²) in [6.07, 6.45) is 0.420. The van der Waals surface area contributed by atoms with Crippen molar-refractivity contribution in [3.05, 3.63) is 0 Å². The van der Waals surface area contributed by atoms with Gasteiger partial charge in [-0.15, -0.1) is 0 Å². The van der Waals surface area contributed by atoms with Gasteiger partial charge in [0.15, 0.2) is 0 Å². The first-order valence-electron chi connectivity index (χ1n) is 8.48. The van der Waals surface area contributed by atoms with E-state index in [-0.39, 0.29) is 0 Å². The molecule has 3 amide bonds. The Bertz CT molecular complexity index is 515. The van der Waals surface area contributed by atoms with Crippen LogP contribution in [0.2, 0.25) is 0 Å². The van der Waals surface area contributed by atoms with Crippen LogP contribution in [0.25, 0.3) is 0 Å². The third-order valence-corrected chi connectivity index (χ3v) is 3.61. The van der Waals surface area contributed by atoms with Crippen molar-refractivity contribution in [1.82, 2.24) is 16.0 Å². The fourth-order valence-electron chi connectivity index (χ4n) is 2.01. The molecule has 0 saturated carbocycles. The number of carboxylic acid groups (broad SMARTS) is 1. The van der Waals surface area contributed by atoms with Gasteiger partial charge < -0.3 is 42.7 Å². The summed E-state index contributed by atoms with van der Waals surface area (Å²) in [5, 5.41) is 33.7. The number of carbonyl (C=O) groups is 4. The Balaban J connectivity index is 4.60. The van der Waals surface area contributed by atoms with Crippen molar-refractivity contribution in [2.75, 3.05) is 19.7 Å². The fourth-order valence-corrected chi connectivity index (χ4v) is 2.01. The second kappa shape index (κ2) is 13.0. The highest BCUT2D eigenvalue weighted by Crippen LogP contribution is 2.00. The van der Waals surface area contributed by atoms with Gasteiger partial charge in [-0.05, 0) is 26.3 Å². The molecule has 4 atom stereocenters. The van der Waals surface area contributed by atoms with Crippen LogP contribution < -0.4 is 27.4 Å².